The average molecular weight is 1140 g/mol. The van der Waals surface area contributed by atoms with E-state index in [0.29, 0.717) is 104 Å². The number of aromatic nitrogens is 8. The second-order valence-electron chi connectivity index (χ2n) is 22.9. The number of fused-ring (bicyclic) bond motifs is 2. The molecule has 84 heavy (non-hydrogen) atoms. The van der Waals surface area contributed by atoms with Crippen LogP contribution < -0.4 is 36.4 Å². The van der Waals surface area contributed by atoms with Crippen molar-refractivity contribution in [2.24, 2.45) is 5.92 Å². The molecule has 23 heteroatoms. The third kappa shape index (κ3) is 10.6. The number of aliphatic hydroxyl groups excluding tert-OH is 4. The number of nitrogens with zero attached hydrogens (tertiary/aromatic N) is 11. The van der Waals surface area contributed by atoms with Crippen molar-refractivity contribution < 1.29 is 34.8 Å². The summed E-state index contributed by atoms with van der Waals surface area (Å²) in [6.45, 7) is 4.58. The zero-order chi connectivity index (χ0) is 57.6. The van der Waals surface area contributed by atoms with Gasteiger partial charge in [-0.25, -0.2) is 19.6 Å². The largest absolute Gasteiger partial charge is 0.390 e. The number of imidazole rings is 2. The van der Waals surface area contributed by atoms with Gasteiger partial charge in [0.2, 0.25) is 17.8 Å². The predicted molar refractivity (Wildman–Crippen MR) is 315 cm³/mol. The molecule has 5 amide bonds. The summed E-state index contributed by atoms with van der Waals surface area (Å²) in [7, 11) is 0. The number of aliphatic hydroxyl groups is 4. The lowest BCUT2D eigenvalue weighted by Gasteiger charge is -2.23. The van der Waals surface area contributed by atoms with Gasteiger partial charge in [-0.05, 0) is 53.9 Å². The molecule has 0 radical (unpaired) electrons. The highest BCUT2D eigenvalue weighted by Gasteiger charge is 2.50. The first-order chi connectivity index (χ1) is 40.9. The van der Waals surface area contributed by atoms with E-state index in [9.17, 15) is 34.8 Å². The van der Waals surface area contributed by atoms with Gasteiger partial charge in [-0.2, -0.15) is 19.9 Å². The summed E-state index contributed by atoms with van der Waals surface area (Å²) in [5.74, 6) is 1.13. The Morgan fingerprint density at radius 3 is 1.39 bits per heavy atom. The predicted octanol–water partition coefficient (Wildman–Crippen LogP) is 4.50. The molecular weight excluding hydrogens is 1070 g/mol. The van der Waals surface area contributed by atoms with Crippen molar-refractivity contribution in [1.82, 2.24) is 59.9 Å². The molecule has 0 spiro atoms. The summed E-state index contributed by atoms with van der Waals surface area (Å²) >= 11 is 0. The standard InChI is InChI=1S/C61H68N16O7/c1-35-26-44(51(80)50(35)79)75-33-65-48-54(62-28-42(36-14-6-2-7-15-36)37-16-8-3-9-17-37)69-58(71-56(48)75)73-24-22-40(31-73)67-60(83)68-41-23-25-74(32-41)59-70-55(63-29-43(38-18-10-4-11-19-38)39-20-12-5-13-21-39)49-57(72-59)76(34-66-49)45-27-46(53(82)52(45)81)77-47(78)30-64-61(77)84/h2-21,33-35,40-46,50-53,79-82H,22-32H2,1H3,(H,64,84)(H,62,69,71)(H,63,70,72)(H2,67,68,83)/t35-,40+,41+,44+,45+,46-,50+,51-,52-,53+/m0/s1. The molecule has 9 N–H and O–H groups in total. The Morgan fingerprint density at radius 1 is 0.571 bits per heavy atom. The lowest BCUT2D eigenvalue weighted by Crippen LogP contribution is -2.48. The van der Waals surface area contributed by atoms with E-state index < -0.39 is 54.5 Å². The number of benzene rings is 4. The van der Waals surface area contributed by atoms with Gasteiger partial charge in [-0.1, -0.05) is 128 Å². The first kappa shape index (κ1) is 54.5. The van der Waals surface area contributed by atoms with E-state index in [1.807, 2.05) is 89.2 Å². The van der Waals surface area contributed by atoms with Crippen LogP contribution in [0.1, 0.15) is 78.8 Å². The van der Waals surface area contributed by atoms with Gasteiger partial charge in [0, 0.05) is 63.2 Å². The summed E-state index contributed by atoms with van der Waals surface area (Å²) in [4.78, 5) is 74.5. The van der Waals surface area contributed by atoms with Crippen molar-refractivity contribution in [3.63, 3.8) is 0 Å². The lowest BCUT2D eigenvalue weighted by molar-refractivity contribution is -0.128. The fourth-order valence-electron chi connectivity index (χ4n) is 13.1. The minimum atomic E-state index is -1.41. The Balaban J connectivity index is 0.725. The Morgan fingerprint density at radius 2 is 0.988 bits per heavy atom. The van der Waals surface area contributed by atoms with Crippen LogP contribution in [-0.2, 0) is 4.79 Å². The molecule has 5 fully saturated rings. The summed E-state index contributed by atoms with van der Waals surface area (Å²) in [5.41, 5.74) is 6.39. The smallest absolute Gasteiger partial charge is 0.324 e. The first-order valence-electron chi connectivity index (χ1n) is 29.0. The molecule has 7 heterocycles. The van der Waals surface area contributed by atoms with E-state index in [-0.39, 0.29) is 48.8 Å². The monoisotopic (exact) mass is 1140 g/mol. The van der Waals surface area contributed by atoms with Crippen molar-refractivity contribution in [3.8, 4) is 0 Å². The summed E-state index contributed by atoms with van der Waals surface area (Å²) in [5, 5.41) is 61.1. The molecule has 3 saturated heterocycles. The molecule has 10 atom stereocenters. The van der Waals surface area contributed by atoms with Crippen LogP contribution in [0.4, 0.5) is 33.1 Å². The molecular formula is C61H68N16O7. The first-order valence-corrected chi connectivity index (χ1v) is 29.0. The van der Waals surface area contributed by atoms with E-state index >= 15 is 0 Å². The van der Waals surface area contributed by atoms with Crippen LogP contribution in [0.2, 0.25) is 0 Å². The van der Waals surface area contributed by atoms with Crippen LogP contribution in [0.3, 0.4) is 0 Å². The molecule has 2 saturated carbocycles. The Hall–Kier alpha value is -8.77. The van der Waals surface area contributed by atoms with Crippen LogP contribution in [0.25, 0.3) is 22.3 Å². The normalized spacial score (nSPS) is 25.2. The molecule has 0 bridgehead atoms. The summed E-state index contributed by atoms with van der Waals surface area (Å²) < 4.78 is 3.56. The zero-order valence-corrected chi connectivity index (χ0v) is 46.3. The van der Waals surface area contributed by atoms with Crippen molar-refractivity contribution >= 4 is 63.8 Å². The third-order valence-corrected chi connectivity index (χ3v) is 17.7. The Bertz CT molecular complexity index is 3560. The number of hydrogen-bond acceptors (Lipinski definition) is 17. The quantitative estimate of drug-likeness (QED) is 0.0568. The molecule has 2 aliphatic carbocycles. The van der Waals surface area contributed by atoms with Gasteiger partial charge in [-0.15, -0.1) is 0 Å². The van der Waals surface area contributed by atoms with Crippen molar-refractivity contribution in [1.29, 1.82) is 0 Å². The summed E-state index contributed by atoms with van der Waals surface area (Å²) in [6.07, 6.45) is 0.416. The van der Waals surface area contributed by atoms with Crippen molar-refractivity contribution in [3.05, 3.63) is 156 Å². The van der Waals surface area contributed by atoms with E-state index in [1.165, 1.54) is 0 Å². The SMILES string of the molecule is C[C@H]1C[C@@H](n2cnc3c(NCC(c4ccccc4)c4ccccc4)nc(N4CC[C@@H](NC(=O)N[C@@H]5CCN(c6nc(NCC(c7ccccc7)c7ccccc7)c7ncn([C@@H]8C[C@H](N9C(=O)CNC9=O)[C@@H](O)[C@H]8O)c7n6)C5)C4)nc32)[C@H](O)[C@@H]1O. The minimum absolute atomic E-state index is 0.0106. The molecule has 5 aliphatic rings. The van der Waals surface area contributed by atoms with E-state index in [1.54, 1.807) is 17.2 Å². The molecule has 434 valence electrons. The highest BCUT2D eigenvalue weighted by Crippen LogP contribution is 2.40. The highest BCUT2D eigenvalue weighted by atomic mass is 16.3. The minimum Gasteiger partial charge on any atom is -0.390 e. The van der Waals surface area contributed by atoms with Crippen LogP contribution in [0.15, 0.2) is 134 Å². The molecule has 4 aromatic carbocycles. The molecule has 23 nitrogen and oxygen atoms in total. The molecule has 3 aliphatic heterocycles. The number of carbonyl (C=O) groups is 3. The summed E-state index contributed by atoms with van der Waals surface area (Å²) in [6, 6.07) is 37.3. The van der Waals surface area contributed by atoms with E-state index in [0.717, 1.165) is 27.2 Å². The molecule has 8 aromatic rings. The van der Waals surface area contributed by atoms with Gasteiger partial charge in [0.05, 0.1) is 43.4 Å². The van der Waals surface area contributed by atoms with Gasteiger partial charge >= 0.3 is 12.1 Å². The van der Waals surface area contributed by atoms with Crippen LogP contribution in [0.5, 0.6) is 0 Å². The van der Waals surface area contributed by atoms with E-state index in [2.05, 4.69) is 80.0 Å². The Kier molecular flexibility index (Phi) is 15.0. The third-order valence-electron chi connectivity index (χ3n) is 17.7. The van der Waals surface area contributed by atoms with Crippen molar-refractivity contribution in [2.75, 3.05) is 66.2 Å². The number of rotatable bonds is 17. The number of nitrogens with one attached hydrogen (secondary N) is 5. The number of anilines is 4. The maximum absolute atomic E-state index is 14.0. The van der Waals surface area contributed by atoms with E-state index in [4.69, 9.17) is 29.9 Å². The van der Waals surface area contributed by atoms with Gasteiger partial charge in [0.25, 0.3) is 0 Å². The van der Waals surface area contributed by atoms with Crippen LogP contribution in [-0.4, -0.2) is 171 Å². The maximum atomic E-state index is 14.0. The molecule has 4 aromatic heterocycles. The second-order valence-corrected chi connectivity index (χ2v) is 22.9. The lowest BCUT2D eigenvalue weighted by atomic mass is 9.91. The molecule has 0 unspecified atom stereocenters. The highest BCUT2D eigenvalue weighted by molar-refractivity contribution is 6.02. The van der Waals surface area contributed by atoms with Crippen LogP contribution >= 0.6 is 0 Å². The fourth-order valence-corrected chi connectivity index (χ4v) is 13.1. The van der Waals surface area contributed by atoms with Gasteiger partial charge in [-0.3, -0.25) is 9.69 Å². The van der Waals surface area contributed by atoms with Gasteiger partial charge in [0.15, 0.2) is 34.0 Å². The van der Waals surface area contributed by atoms with Gasteiger partial charge < -0.3 is 65.9 Å². The molecule has 13 rings (SSSR count). The number of imide groups is 1. The van der Waals surface area contributed by atoms with Crippen molar-refractivity contribution in [2.45, 2.75) is 99.1 Å². The Labute approximate surface area is 484 Å². The van der Waals surface area contributed by atoms with Gasteiger partial charge in [0.1, 0.15) is 18.3 Å². The number of hydrogen-bond donors (Lipinski definition) is 9. The average Bonchev–Trinajstić information content (AvgIpc) is 2.92. The number of urea groups is 2. The maximum Gasteiger partial charge on any atom is 0.324 e. The topological polar surface area (TPSA) is 289 Å². The second kappa shape index (κ2) is 23.1. The fraction of sp³-hybridized carbons (Fsp3) is 0.393. The zero-order valence-electron chi connectivity index (χ0n) is 46.3. The van der Waals surface area contributed by atoms with Crippen LogP contribution in [0, 0.1) is 5.92 Å². The number of amides is 5. The number of carbonyl (C=O) groups excluding carboxylic acids is 3.